The van der Waals surface area contributed by atoms with Crippen LogP contribution >= 0.6 is 0 Å². The van der Waals surface area contributed by atoms with Crippen LogP contribution in [0.5, 0.6) is 6.01 Å². The molecular weight excluding hydrogens is 348 g/mol. The molecule has 0 radical (unpaired) electrons. The maximum absolute atomic E-state index is 11.2. The summed E-state index contributed by atoms with van der Waals surface area (Å²) in [4.78, 5) is 20.1. The first-order valence-corrected chi connectivity index (χ1v) is 8.18. The molecule has 1 amide bonds. The quantitative estimate of drug-likeness (QED) is 0.571. The summed E-state index contributed by atoms with van der Waals surface area (Å²) < 4.78 is 9.20. The number of benzene rings is 1. The predicted octanol–water partition coefficient (Wildman–Crippen LogP) is 1.48. The van der Waals surface area contributed by atoms with Gasteiger partial charge in [0, 0.05) is 14.0 Å². The van der Waals surface area contributed by atoms with Crippen molar-refractivity contribution in [1.82, 2.24) is 34.7 Å². The van der Waals surface area contributed by atoms with Gasteiger partial charge in [0.2, 0.25) is 5.91 Å². The van der Waals surface area contributed by atoms with Crippen molar-refractivity contribution >= 4 is 22.8 Å². The van der Waals surface area contributed by atoms with E-state index in [0.717, 1.165) is 11.0 Å². The Morgan fingerprint density at radius 3 is 2.78 bits per heavy atom. The number of aryl methyl sites for hydroxylation is 1. The van der Waals surface area contributed by atoms with Crippen LogP contribution in [0.2, 0.25) is 0 Å². The van der Waals surface area contributed by atoms with E-state index in [-0.39, 0.29) is 12.5 Å². The molecule has 0 aliphatic carbocycles. The Bertz CT molecular complexity index is 1120. The minimum absolute atomic E-state index is 0.169. The van der Waals surface area contributed by atoms with E-state index in [0.29, 0.717) is 23.5 Å². The predicted molar refractivity (Wildman–Crippen MR) is 96.3 cm³/mol. The van der Waals surface area contributed by atoms with Gasteiger partial charge in [-0.3, -0.25) is 4.79 Å². The smallest absolute Gasteiger partial charge is 0.305 e. The second-order valence-electron chi connectivity index (χ2n) is 5.81. The van der Waals surface area contributed by atoms with Crippen LogP contribution < -0.4 is 10.1 Å². The zero-order valence-corrected chi connectivity index (χ0v) is 14.7. The minimum atomic E-state index is -0.183. The number of pyridine rings is 1. The first kappa shape index (κ1) is 16.6. The van der Waals surface area contributed by atoms with Gasteiger partial charge in [-0.25, -0.2) is 14.2 Å². The second-order valence-corrected chi connectivity index (χ2v) is 5.81. The topological polar surface area (TPSA) is 113 Å². The molecular formula is C17H16N8O2. The van der Waals surface area contributed by atoms with Gasteiger partial charge in [-0.15, -0.1) is 0 Å². The monoisotopic (exact) mass is 364 g/mol. The van der Waals surface area contributed by atoms with Gasteiger partial charge >= 0.3 is 6.01 Å². The zero-order valence-electron chi connectivity index (χ0n) is 14.7. The molecule has 4 rings (SSSR count). The summed E-state index contributed by atoms with van der Waals surface area (Å²) >= 11 is 0. The molecule has 0 unspecified atom stereocenters. The number of ether oxygens (including phenoxy) is 1. The minimum Gasteiger partial charge on any atom is -0.458 e. The number of carbonyl (C=O) groups excluding carboxylic acids is 1. The third-order valence-corrected chi connectivity index (χ3v) is 3.79. The van der Waals surface area contributed by atoms with Crippen molar-refractivity contribution in [3.63, 3.8) is 0 Å². The Morgan fingerprint density at radius 1 is 1.15 bits per heavy atom. The third-order valence-electron chi connectivity index (χ3n) is 3.79. The average Bonchev–Trinajstić information content (AvgIpc) is 3.22. The summed E-state index contributed by atoms with van der Waals surface area (Å²) in [5.74, 6) is 0.769. The lowest BCUT2D eigenvalue weighted by Crippen LogP contribution is -2.10. The number of carbonyl (C=O) groups is 1. The lowest BCUT2D eigenvalue weighted by atomic mass is 10.3. The summed E-state index contributed by atoms with van der Waals surface area (Å²) in [5, 5.41) is 14.3. The first-order valence-electron chi connectivity index (χ1n) is 8.18. The van der Waals surface area contributed by atoms with Gasteiger partial charge in [0.25, 0.3) is 5.95 Å². The Kier molecular flexibility index (Phi) is 4.21. The first-order chi connectivity index (χ1) is 13.1. The van der Waals surface area contributed by atoms with E-state index in [9.17, 15) is 4.79 Å². The van der Waals surface area contributed by atoms with Crippen molar-refractivity contribution in [3.8, 4) is 12.0 Å². The summed E-state index contributed by atoms with van der Waals surface area (Å²) in [7, 11) is 1.74. The highest BCUT2D eigenvalue weighted by Crippen LogP contribution is 2.25. The van der Waals surface area contributed by atoms with E-state index in [4.69, 9.17) is 4.74 Å². The molecule has 0 fully saturated rings. The number of tetrazole rings is 1. The fourth-order valence-electron chi connectivity index (χ4n) is 2.66. The molecule has 0 spiro atoms. The third kappa shape index (κ3) is 3.32. The van der Waals surface area contributed by atoms with E-state index in [1.807, 2.05) is 30.3 Å². The normalized spacial score (nSPS) is 10.9. The summed E-state index contributed by atoms with van der Waals surface area (Å²) in [6.07, 6.45) is 0. The van der Waals surface area contributed by atoms with Gasteiger partial charge in [0.15, 0.2) is 0 Å². The second kappa shape index (κ2) is 6.83. The molecule has 1 N–H and O–H groups in total. The number of rotatable bonds is 5. The molecule has 27 heavy (non-hydrogen) atoms. The molecule has 0 aliphatic heterocycles. The molecule has 136 valence electrons. The van der Waals surface area contributed by atoms with Gasteiger partial charge in [-0.2, -0.15) is 4.98 Å². The van der Waals surface area contributed by atoms with E-state index in [1.165, 1.54) is 11.6 Å². The number of para-hydroxylation sites is 2. The number of amides is 1. The Hall–Kier alpha value is -3.82. The van der Waals surface area contributed by atoms with Crippen molar-refractivity contribution in [3.05, 3.63) is 48.2 Å². The number of fused-ring (bicyclic) bond motifs is 1. The van der Waals surface area contributed by atoms with Crippen LogP contribution in [0.1, 0.15) is 12.6 Å². The summed E-state index contributed by atoms with van der Waals surface area (Å²) in [5.41, 5.74) is 2.23. The molecule has 4 aromatic rings. The SMILES string of the molecule is CC(=O)Nc1cccc(COc2nc3ccccc3n2-c2nnnn2C)n1. The van der Waals surface area contributed by atoms with Crippen LogP contribution in [0.3, 0.4) is 0 Å². The van der Waals surface area contributed by atoms with Crippen molar-refractivity contribution in [2.45, 2.75) is 13.5 Å². The van der Waals surface area contributed by atoms with Gasteiger partial charge in [-0.05, 0) is 34.7 Å². The number of imidazole rings is 1. The van der Waals surface area contributed by atoms with Gasteiger partial charge in [0.1, 0.15) is 12.4 Å². The highest BCUT2D eigenvalue weighted by molar-refractivity contribution is 5.87. The van der Waals surface area contributed by atoms with Gasteiger partial charge < -0.3 is 10.1 Å². The number of hydrogen-bond donors (Lipinski definition) is 1. The zero-order chi connectivity index (χ0) is 18.8. The van der Waals surface area contributed by atoms with E-state index in [1.54, 1.807) is 23.7 Å². The Balaban J connectivity index is 1.67. The molecule has 0 saturated heterocycles. The maximum atomic E-state index is 11.2. The molecule has 1 aromatic carbocycles. The number of hydrogen-bond acceptors (Lipinski definition) is 7. The average molecular weight is 364 g/mol. The van der Waals surface area contributed by atoms with Crippen molar-refractivity contribution in [1.29, 1.82) is 0 Å². The molecule has 10 heteroatoms. The van der Waals surface area contributed by atoms with Crippen LogP contribution in [0.25, 0.3) is 17.0 Å². The summed E-state index contributed by atoms with van der Waals surface area (Å²) in [6, 6.07) is 13.3. The molecule has 0 atom stereocenters. The van der Waals surface area contributed by atoms with E-state index in [2.05, 4.69) is 30.8 Å². The van der Waals surface area contributed by atoms with Crippen LogP contribution in [-0.2, 0) is 18.4 Å². The van der Waals surface area contributed by atoms with Crippen molar-refractivity contribution in [2.24, 2.45) is 7.05 Å². The maximum Gasteiger partial charge on any atom is 0.305 e. The number of nitrogens with one attached hydrogen (secondary N) is 1. The van der Waals surface area contributed by atoms with Gasteiger partial charge in [0.05, 0.1) is 16.7 Å². The van der Waals surface area contributed by atoms with Gasteiger partial charge in [-0.1, -0.05) is 23.3 Å². The summed E-state index contributed by atoms with van der Waals surface area (Å²) in [6.45, 7) is 1.60. The van der Waals surface area contributed by atoms with Crippen molar-refractivity contribution < 1.29 is 9.53 Å². The Morgan fingerprint density at radius 2 is 2.00 bits per heavy atom. The van der Waals surface area contributed by atoms with Crippen molar-refractivity contribution in [2.75, 3.05) is 5.32 Å². The van der Waals surface area contributed by atoms with E-state index < -0.39 is 0 Å². The fourth-order valence-corrected chi connectivity index (χ4v) is 2.66. The number of nitrogens with zero attached hydrogens (tertiary/aromatic N) is 7. The highest BCUT2D eigenvalue weighted by Gasteiger charge is 2.18. The molecule has 3 heterocycles. The highest BCUT2D eigenvalue weighted by atomic mass is 16.5. The fraction of sp³-hybridized carbons (Fsp3) is 0.176. The number of aromatic nitrogens is 7. The molecule has 10 nitrogen and oxygen atoms in total. The molecule has 0 bridgehead atoms. The Labute approximate surface area is 153 Å². The molecule has 3 aromatic heterocycles. The van der Waals surface area contributed by atoms with Crippen LogP contribution in [0.4, 0.5) is 5.82 Å². The van der Waals surface area contributed by atoms with Crippen LogP contribution in [-0.4, -0.2) is 40.6 Å². The molecule has 0 saturated carbocycles. The molecule has 0 aliphatic rings. The van der Waals surface area contributed by atoms with E-state index >= 15 is 0 Å². The largest absolute Gasteiger partial charge is 0.458 e. The van der Waals surface area contributed by atoms with Crippen LogP contribution in [0, 0.1) is 0 Å². The lowest BCUT2D eigenvalue weighted by molar-refractivity contribution is -0.114. The van der Waals surface area contributed by atoms with Crippen LogP contribution in [0.15, 0.2) is 42.5 Å². The standard InChI is InChI=1S/C17H16N8O2/c1-11(26)18-15-9-5-6-12(19-15)10-27-17-20-13-7-3-4-8-14(13)25(17)16-21-22-23-24(16)2/h3-9H,10H2,1-2H3,(H,18,19,26). The number of anilines is 1. The lowest BCUT2D eigenvalue weighted by Gasteiger charge is -2.09.